The van der Waals surface area contributed by atoms with E-state index < -0.39 is 11.6 Å². The van der Waals surface area contributed by atoms with E-state index in [1.165, 1.54) is 31.5 Å². The summed E-state index contributed by atoms with van der Waals surface area (Å²) in [5, 5.41) is 3.73. The average Bonchev–Trinajstić information content (AvgIpc) is 2.44. The number of nitrogens with zero attached hydrogens (tertiary/aromatic N) is 2. The third kappa shape index (κ3) is 5.52. The number of benzene rings is 1. The normalized spacial score (nSPS) is 17.2. The van der Waals surface area contributed by atoms with Crippen LogP contribution in [0.25, 0.3) is 0 Å². The number of nitrogens with one attached hydrogen (secondary N) is 1. The zero-order valence-corrected chi connectivity index (χ0v) is 12.5. The van der Waals surface area contributed by atoms with Gasteiger partial charge >= 0.3 is 0 Å². The molecule has 0 aromatic heterocycles. The molecule has 1 saturated heterocycles. The summed E-state index contributed by atoms with van der Waals surface area (Å²) in [6.45, 7) is 2.14. The summed E-state index contributed by atoms with van der Waals surface area (Å²) in [6, 6.07) is 3.20. The highest BCUT2D eigenvalue weighted by Crippen LogP contribution is 2.10. The molecule has 1 aromatic carbocycles. The summed E-state index contributed by atoms with van der Waals surface area (Å²) in [5.74, 6) is -1.57. The third-order valence-electron chi connectivity index (χ3n) is 3.67. The summed E-state index contributed by atoms with van der Waals surface area (Å²) in [5.41, 5.74) is 2.52. The Bertz CT molecular complexity index is 526. The van der Waals surface area contributed by atoms with Gasteiger partial charge in [0.25, 0.3) is 5.91 Å². The van der Waals surface area contributed by atoms with Crippen molar-refractivity contribution in [3.63, 3.8) is 0 Å². The number of hydrogen-bond donors (Lipinski definition) is 1. The summed E-state index contributed by atoms with van der Waals surface area (Å²) < 4.78 is 26.1. The lowest BCUT2D eigenvalue weighted by molar-refractivity contribution is -0.122. The second-order valence-electron chi connectivity index (χ2n) is 5.50. The summed E-state index contributed by atoms with van der Waals surface area (Å²) in [6.07, 6.45) is 7.09. The molecular weight excluding hydrogens is 288 g/mol. The molecule has 1 N–H and O–H groups in total. The van der Waals surface area contributed by atoms with E-state index in [1.807, 2.05) is 0 Å². The Kier molecular flexibility index (Phi) is 6.45. The lowest BCUT2D eigenvalue weighted by Gasteiger charge is -2.23. The fraction of sp³-hybridized carbons (Fsp3) is 0.500. The predicted molar refractivity (Wildman–Crippen MR) is 81.6 cm³/mol. The molecule has 0 unspecified atom stereocenters. The van der Waals surface area contributed by atoms with E-state index in [4.69, 9.17) is 0 Å². The van der Waals surface area contributed by atoms with Crippen molar-refractivity contribution in [2.24, 2.45) is 5.10 Å². The molecule has 0 spiro atoms. The minimum Gasteiger partial charge on any atom is -0.294 e. The first-order valence-corrected chi connectivity index (χ1v) is 7.64. The Hall–Kier alpha value is -1.82. The number of amides is 1. The van der Waals surface area contributed by atoms with E-state index in [0.717, 1.165) is 38.1 Å². The SMILES string of the molecule is O=C(CN1CCCCCCC1)N/N=C/c1ccc(F)cc1F. The van der Waals surface area contributed by atoms with Crippen molar-refractivity contribution in [1.82, 2.24) is 10.3 Å². The van der Waals surface area contributed by atoms with E-state index in [0.29, 0.717) is 6.54 Å². The summed E-state index contributed by atoms with van der Waals surface area (Å²) in [7, 11) is 0. The molecule has 1 fully saturated rings. The second-order valence-corrected chi connectivity index (χ2v) is 5.50. The Morgan fingerprint density at radius 3 is 2.55 bits per heavy atom. The van der Waals surface area contributed by atoms with Gasteiger partial charge in [-0.3, -0.25) is 9.69 Å². The van der Waals surface area contributed by atoms with Gasteiger partial charge in [0.2, 0.25) is 0 Å². The van der Waals surface area contributed by atoms with E-state index in [9.17, 15) is 13.6 Å². The van der Waals surface area contributed by atoms with Gasteiger partial charge in [-0.2, -0.15) is 5.10 Å². The first-order valence-electron chi connectivity index (χ1n) is 7.64. The Morgan fingerprint density at radius 1 is 1.18 bits per heavy atom. The van der Waals surface area contributed by atoms with Gasteiger partial charge in [-0.25, -0.2) is 14.2 Å². The van der Waals surface area contributed by atoms with Crippen molar-refractivity contribution in [2.75, 3.05) is 19.6 Å². The molecule has 1 heterocycles. The molecule has 1 aromatic rings. The number of hydrogen-bond acceptors (Lipinski definition) is 3. The minimum absolute atomic E-state index is 0.132. The van der Waals surface area contributed by atoms with Crippen LogP contribution in [-0.2, 0) is 4.79 Å². The monoisotopic (exact) mass is 309 g/mol. The fourth-order valence-corrected chi connectivity index (χ4v) is 2.49. The van der Waals surface area contributed by atoms with Crippen molar-refractivity contribution in [3.05, 3.63) is 35.4 Å². The van der Waals surface area contributed by atoms with Crippen LogP contribution in [0.5, 0.6) is 0 Å². The molecule has 1 amide bonds. The van der Waals surface area contributed by atoms with Crippen LogP contribution in [0.15, 0.2) is 23.3 Å². The summed E-state index contributed by atoms with van der Waals surface area (Å²) >= 11 is 0. The van der Waals surface area contributed by atoms with E-state index in [1.54, 1.807) is 0 Å². The highest BCUT2D eigenvalue weighted by Gasteiger charge is 2.11. The lowest BCUT2D eigenvalue weighted by atomic mass is 10.1. The zero-order chi connectivity index (χ0) is 15.8. The maximum atomic E-state index is 13.4. The number of rotatable bonds is 4. The van der Waals surface area contributed by atoms with Gasteiger partial charge in [0, 0.05) is 11.6 Å². The van der Waals surface area contributed by atoms with E-state index >= 15 is 0 Å². The van der Waals surface area contributed by atoms with Crippen LogP contribution in [0.4, 0.5) is 8.78 Å². The van der Waals surface area contributed by atoms with Gasteiger partial charge in [-0.15, -0.1) is 0 Å². The topological polar surface area (TPSA) is 44.7 Å². The van der Waals surface area contributed by atoms with Crippen molar-refractivity contribution < 1.29 is 13.6 Å². The molecular formula is C16H21F2N3O. The third-order valence-corrected chi connectivity index (χ3v) is 3.67. The first kappa shape index (κ1) is 16.5. The Balaban J connectivity index is 1.80. The molecule has 1 aliphatic rings. The molecule has 0 atom stereocenters. The van der Waals surface area contributed by atoms with Crippen LogP contribution in [0, 0.1) is 11.6 Å². The van der Waals surface area contributed by atoms with Crippen LogP contribution in [0.3, 0.4) is 0 Å². The highest BCUT2D eigenvalue weighted by molar-refractivity contribution is 5.83. The minimum atomic E-state index is -0.707. The van der Waals surface area contributed by atoms with Gasteiger partial charge in [-0.1, -0.05) is 19.3 Å². The summed E-state index contributed by atoms with van der Waals surface area (Å²) in [4.78, 5) is 13.9. The molecule has 0 saturated carbocycles. The smallest absolute Gasteiger partial charge is 0.254 e. The molecule has 6 heteroatoms. The molecule has 120 valence electrons. The number of carbonyl (C=O) groups excluding carboxylic acids is 1. The predicted octanol–water partition coefficient (Wildman–Crippen LogP) is 2.68. The van der Waals surface area contributed by atoms with Crippen LogP contribution >= 0.6 is 0 Å². The first-order chi connectivity index (χ1) is 10.6. The number of likely N-dealkylation sites (tertiary alicyclic amines) is 1. The standard InChI is InChI=1S/C16H21F2N3O/c17-14-7-6-13(15(18)10-14)11-19-20-16(22)12-21-8-4-2-1-3-5-9-21/h6-7,10-11H,1-5,8-9,12H2,(H,20,22)/b19-11+. The molecule has 0 bridgehead atoms. The largest absolute Gasteiger partial charge is 0.294 e. The number of hydrazone groups is 1. The fourth-order valence-electron chi connectivity index (χ4n) is 2.49. The second kappa shape index (κ2) is 8.58. The van der Waals surface area contributed by atoms with Crippen LogP contribution in [0.1, 0.15) is 37.7 Å². The van der Waals surface area contributed by atoms with Crippen LogP contribution in [-0.4, -0.2) is 36.7 Å². The van der Waals surface area contributed by atoms with Gasteiger partial charge < -0.3 is 0 Å². The van der Waals surface area contributed by atoms with Crippen LogP contribution < -0.4 is 5.43 Å². The average molecular weight is 309 g/mol. The molecule has 0 aliphatic carbocycles. The van der Waals surface area contributed by atoms with Crippen molar-refractivity contribution in [1.29, 1.82) is 0 Å². The number of halogens is 2. The Labute approximate surface area is 129 Å². The lowest BCUT2D eigenvalue weighted by Crippen LogP contribution is -2.37. The van der Waals surface area contributed by atoms with Crippen molar-refractivity contribution in [2.45, 2.75) is 32.1 Å². The maximum Gasteiger partial charge on any atom is 0.254 e. The Morgan fingerprint density at radius 2 is 1.86 bits per heavy atom. The molecule has 0 radical (unpaired) electrons. The van der Waals surface area contributed by atoms with Gasteiger partial charge in [0.05, 0.1) is 12.8 Å². The highest BCUT2D eigenvalue weighted by atomic mass is 19.1. The maximum absolute atomic E-state index is 13.4. The molecule has 1 aliphatic heterocycles. The van der Waals surface area contributed by atoms with Crippen molar-refractivity contribution >= 4 is 12.1 Å². The quantitative estimate of drug-likeness (QED) is 0.686. The van der Waals surface area contributed by atoms with Gasteiger partial charge in [-0.05, 0) is 38.1 Å². The zero-order valence-electron chi connectivity index (χ0n) is 12.5. The van der Waals surface area contributed by atoms with E-state index in [-0.39, 0.29) is 11.5 Å². The molecule has 2 rings (SSSR count). The van der Waals surface area contributed by atoms with Gasteiger partial charge in [0.1, 0.15) is 11.6 Å². The van der Waals surface area contributed by atoms with Crippen LogP contribution in [0.2, 0.25) is 0 Å². The molecule has 4 nitrogen and oxygen atoms in total. The number of carbonyl (C=O) groups is 1. The van der Waals surface area contributed by atoms with E-state index in [2.05, 4.69) is 15.4 Å². The molecule has 22 heavy (non-hydrogen) atoms. The van der Waals surface area contributed by atoms with Gasteiger partial charge in [0.15, 0.2) is 0 Å². The van der Waals surface area contributed by atoms with Crippen molar-refractivity contribution in [3.8, 4) is 0 Å².